The van der Waals surface area contributed by atoms with E-state index in [1.807, 2.05) is 43.3 Å². The van der Waals surface area contributed by atoms with Crippen molar-refractivity contribution in [1.29, 1.82) is 0 Å². The van der Waals surface area contributed by atoms with Crippen LogP contribution in [0.25, 0.3) is 6.08 Å². The third-order valence-electron chi connectivity index (χ3n) is 4.12. The number of hydrogen-bond acceptors (Lipinski definition) is 4. The Labute approximate surface area is 153 Å². The molecule has 0 saturated carbocycles. The third kappa shape index (κ3) is 4.33. The highest BCUT2D eigenvalue weighted by Crippen LogP contribution is 2.32. The molecule has 0 spiro atoms. The van der Waals surface area contributed by atoms with Crippen LogP contribution in [0.5, 0.6) is 17.2 Å². The SMILES string of the molecule is Cc1ccc(C(C)C)cc1OC(=O)C=CC=Cc1ccc2c(c1)OCO2. The van der Waals surface area contributed by atoms with Gasteiger partial charge >= 0.3 is 5.97 Å². The van der Waals surface area contributed by atoms with Gasteiger partial charge in [0.25, 0.3) is 0 Å². The zero-order chi connectivity index (χ0) is 18.5. The van der Waals surface area contributed by atoms with Crippen LogP contribution in [-0.2, 0) is 4.79 Å². The molecule has 134 valence electrons. The molecule has 3 rings (SSSR count). The Bertz CT molecular complexity index is 862. The maximum Gasteiger partial charge on any atom is 0.336 e. The van der Waals surface area contributed by atoms with E-state index in [2.05, 4.69) is 19.9 Å². The summed E-state index contributed by atoms with van der Waals surface area (Å²) < 4.78 is 16.1. The van der Waals surface area contributed by atoms with Gasteiger partial charge in [-0.25, -0.2) is 4.79 Å². The fourth-order valence-electron chi connectivity index (χ4n) is 2.55. The number of aryl methyl sites for hydroxylation is 1. The van der Waals surface area contributed by atoms with E-state index in [0.29, 0.717) is 11.7 Å². The Morgan fingerprint density at radius 3 is 2.69 bits per heavy atom. The van der Waals surface area contributed by atoms with Crippen molar-refractivity contribution in [3.8, 4) is 17.2 Å². The second-order valence-corrected chi connectivity index (χ2v) is 6.43. The van der Waals surface area contributed by atoms with Gasteiger partial charge in [0.15, 0.2) is 11.5 Å². The van der Waals surface area contributed by atoms with Crippen molar-refractivity contribution in [2.75, 3.05) is 6.79 Å². The molecule has 0 unspecified atom stereocenters. The first-order valence-corrected chi connectivity index (χ1v) is 8.59. The van der Waals surface area contributed by atoms with E-state index in [9.17, 15) is 4.79 Å². The third-order valence-corrected chi connectivity index (χ3v) is 4.12. The summed E-state index contributed by atoms with van der Waals surface area (Å²) in [6, 6.07) is 11.6. The summed E-state index contributed by atoms with van der Waals surface area (Å²) in [6.45, 7) is 6.40. The van der Waals surface area contributed by atoms with Crippen LogP contribution >= 0.6 is 0 Å². The molecule has 0 saturated heterocycles. The van der Waals surface area contributed by atoms with Crippen molar-refractivity contribution in [3.63, 3.8) is 0 Å². The minimum atomic E-state index is -0.399. The number of benzene rings is 2. The molecule has 0 atom stereocenters. The smallest absolute Gasteiger partial charge is 0.336 e. The van der Waals surface area contributed by atoms with Crippen molar-refractivity contribution in [1.82, 2.24) is 0 Å². The summed E-state index contributed by atoms with van der Waals surface area (Å²) in [5.41, 5.74) is 3.05. The van der Waals surface area contributed by atoms with Gasteiger partial charge in [0.05, 0.1) is 0 Å². The Hall–Kier alpha value is -3.01. The zero-order valence-electron chi connectivity index (χ0n) is 15.2. The van der Waals surface area contributed by atoms with Crippen LogP contribution in [0.15, 0.2) is 54.6 Å². The van der Waals surface area contributed by atoms with Gasteiger partial charge in [0, 0.05) is 6.08 Å². The molecule has 2 aromatic rings. The monoisotopic (exact) mass is 350 g/mol. The van der Waals surface area contributed by atoms with Gasteiger partial charge in [-0.05, 0) is 47.7 Å². The lowest BCUT2D eigenvalue weighted by Gasteiger charge is -2.10. The number of carbonyl (C=O) groups is 1. The highest BCUT2D eigenvalue weighted by atomic mass is 16.7. The fourth-order valence-corrected chi connectivity index (χ4v) is 2.55. The van der Waals surface area contributed by atoms with E-state index >= 15 is 0 Å². The molecule has 0 N–H and O–H groups in total. The maximum absolute atomic E-state index is 12.0. The molecule has 0 amide bonds. The van der Waals surface area contributed by atoms with E-state index in [1.54, 1.807) is 12.2 Å². The van der Waals surface area contributed by atoms with Crippen molar-refractivity contribution < 1.29 is 19.0 Å². The summed E-state index contributed by atoms with van der Waals surface area (Å²) in [6.07, 6.45) is 6.74. The minimum Gasteiger partial charge on any atom is -0.454 e. The molecular formula is C22H22O4. The average Bonchev–Trinajstić information content (AvgIpc) is 3.08. The van der Waals surface area contributed by atoms with E-state index in [1.165, 1.54) is 6.08 Å². The highest BCUT2D eigenvalue weighted by Gasteiger charge is 2.12. The van der Waals surface area contributed by atoms with E-state index < -0.39 is 5.97 Å². The minimum absolute atomic E-state index is 0.256. The Balaban J connectivity index is 1.60. The number of esters is 1. The number of rotatable bonds is 5. The molecular weight excluding hydrogens is 328 g/mol. The molecule has 1 heterocycles. The van der Waals surface area contributed by atoms with Gasteiger partial charge in [-0.1, -0.05) is 50.3 Å². The zero-order valence-corrected chi connectivity index (χ0v) is 15.2. The lowest BCUT2D eigenvalue weighted by molar-refractivity contribution is -0.129. The van der Waals surface area contributed by atoms with Crippen LogP contribution in [0, 0.1) is 6.92 Å². The Morgan fingerprint density at radius 2 is 1.88 bits per heavy atom. The van der Waals surface area contributed by atoms with Crippen molar-refractivity contribution in [2.45, 2.75) is 26.7 Å². The van der Waals surface area contributed by atoms with E-state index in [4.69, 9.17) is 14.2 Å². The normalized spacial score (nSPS) is 13.1. The largest absolute Gasteiger partial charge is 0.454 e. The van der Waals surface area contributed by atoms with Crippen molar-refractivity contribution in [3.05, 3.63) is 71.3 Å². The second kappa shape index (κ2) is 7.91. The maximum atomic E-state index is 12.0. The molecule has 0 bridgehead atoms. The number of allylic oxidation sites excluding steroid dienone is 2. The summed E-state index contributed by atoms with van der Waals surface area (Å²) in [5, 5.41) is 0. The molecule has 0 aliphatic carbocycles. The predicted octanol–water partition coefficient (Wildman–Crippen LogP) is 5.02. The van der Waals surface area contributed by atoms with Gasteiger partial charge < -0.3 is 14.2 Å². The summed E-state index contributed by atoms with van der Waals surface area (Å²) in [7, 11) is 0. The number of hydrogen-bond donors (Lipinski definition) is 0. The van der Waals surface area contributed by atoms with E-state index in [0.717, 1.165) is 28.2 Å². The van der Waals surface area contributed by atoms with Crippen LogP contribution in [0.1, 0.15) is 36.5 Å². The molecule has 0 aromatic heterocycles. The van der Waals surface area contributed by atoms with Gasteiger partial charge in [-0.15, -0.1) is 0 Å². The van der Waals surface area contributed by atoms with Gasteiger partial charge in [-0.2, -0.15) is 0 Å². The van der Waals surface area contributed by atoms with Gasteiger partial charge in [0.2, 0.25) is 6.79 Å². The second-order valence-electron chi connectivity index (χ2n) is 6.43. The average molecular weight is 350 g/mol. The lowest BCUT2D eigenvalue weighted by atomic mass is 10.0. The van der Waals surface area contributed by atoms with Gasteiger partial charge in [-0.3, -0.25) is 0 Å². The van der Waals surface area contributed by atoms with Gasteiger partial charge in [0.1, 0.15) is 5.75 Å². The summed E-state index contributed by atoms with van der Waals surface area (Å²) >= 11 is 0. The molecule has 1 aliphatic rings. The van der Waals surface area contributed by atoms with Crippen LogP contribution in [0.2, 0.25) is 0 Å². The standard InChI is InChI=1S/C22H22O4/c1-15(2)18-10-8-16(3)20(13-18)26-22(23)7-5-4-6-17-9-11-19-21(12-17)25-14-24-19/h4-13,15H,14H2,1-3H3. The van der Waals surface area contributed by atoms with Crippen LogP contribution in [0.3, 0.4) is 0 Å². The Morgan fingerprint density at radius 1 is 1.08 bits per heavy atom. The molecule has 0 radical (unpaired) electrons. The first kappa shape index (κ1) is 17.8. The predicted molar refractivity (Wildman–Crippen MR) is 102 cm³/mol. The van der Waals surface area contributed by atoms with Crippen molar-refractivity contribution >= 4 is 12.0 Å². The van der Waals surface area contributed by atoms with Crippen LogP contribution < -0.4 is 14.2 Å². The molecule has 0 fully saturated rings. The lowest BCUT2D eigenvalue weighted by Crippen LogP contribution is -2.05. The van der Waals surface area contributed by atoms with E-state index in [-0.39, 0.29) is 6.79 Å². The molecule has 4 heteroatoms. The number of ether oxygens (including phenoxy) is 3. The first-order valence-electron chi connectivity index (χ1n) is 8.59. The van der Waals surface area contributed by atoms with Crippen molar-refractivity contribution in [2.24, 2.45) is 0 Å². The van der Waals surface area contributed by atoms with Crippen LogP contribution in [0.4, 0.5) is 0 Å². The number of fused-ring (bicyclic) bond motifs is 1. The molecule has 4 nitrogen and oxygen atoms in total. The molecule has 2 aromatic carbocycles. The first-order chi connectivity index (χ1) is 12.5. The fraction of sp³-hybridized carbons (Fsp3) is 0.227. The number of carbonyl (C=O) groups excluding carboxylic acids is 1. The summed E-state index contributed by atoms with van der Waals surface area (Å²) in [4.78, 5) is 12.0. The summed E-state index contributed by atoms with van der Waals surface area (Å²) in [5.74, 6) is 2.07. The molecule has 26 heavy (non-hydrogen) atoms. The molecule has 1 aliphatic heterocycles. The quantitative estimate of drug-likeness (QED) is 0.329. The topological polar surface area (TPSA) is 44.8 Å². The highest BCUT2D eigenvalue weighted by molar-refractivity contribution is 5.84. The Kier molecular flexibility index (Phi) is 5.42. The van der Waals surface area contributed by atoms with Crippen LogP contribution in [-0.4, -0.2) is 12.8 Å².